The molecule has 0 aliphatic heterocycles. The van der Waals surface area contributed by atoms with Gasteiger partial charge in [-0.05, 0) is 0 Å². The molecule has 1 saturated carbocycles. The van der Waals surface area contributed by atoms with Gasteiger partial charge in [0.15, 0.2) is 0 Å². The van der Waals surface area contributed by atoms with E-state index in [1.807, 2.05) is 4.52 Å². The Kier molecular flexibility index (Phi) is 4.49. The van der Waals surface area contributed by atoms with E-state index in [2.05, 4.69) is 32.7 Å². The third kappa shape index (κ3) is 2.82. The molecule has 2 aromatic rings. The maximum atomic E-state index is 11.6. The number of esters is 1. The number of hydrogen-bond donors (Lipinski definition) is 0. The fraction of sp³-hybridized carbons (Fsp3) is 0.538. The molecule has 21 heavy (non-hydrogen) atoms. The van der Waals surface area contributed by atoms with Crippen LogP contribution in [-0.2, 0) is 9.53 Å². The Labute approximate surface area is 144 Å². The third-order valence-electron chi connectivity index (χ3n) is 4.07. The van der Waals surface area contributed by atoms with Gasteiger partial charge in [-0.2, -0.15) is 0 Å². The molecule has 0 aromatic carbocycles. The number of carbonyl (C=O) groups is 1. The zero-order valence-corrected chi connectivity index (χ0v) is 16.2. The van der Waals surface area contributed by atoms with Crippen molar-refractivity contribution < 1.29 is 9.53 Å². The second-order valence-electron chi connectivity index (χ2n) is 5.24. The summed E-state index contributed by atoms with van der Waals surface area (Å²) >= 11 is 3.72. The molecule has 6 nitrogen and oxygen atoms in total. The summed E-state index contributed by atoms with van der Waals surface area (Å²) in [7, 11) is 1.46. The first-order chi connectivity index (χ1) is 10.1. The van der Waals surface area contributed by atoms with Gasteiger partial charge in [0, 0.05) is 0 Å². The summed E-state index contributed by atoms with van der Waals surface area (Å²) in [4.78, 5) is 20.6. The first kappa shape index (κ1) is 15.2. The topological polar surface area (TPSA) is 69.4 Å². The number of hydrogen-bond acceptors (Lipinski definition) is 5. The molecule has 0 spiro atoms. The maximum absolute atomic E-state index is 11.6. The standard InChI is InChI=1S/C13H16AsIN4O2/c1-21-13(20)8-4-2-7(3-5-8)12-18-11(15)9-10(14)16-6-17-19(9)12/h6-8H,2-5,14H2,1H3/t7-,8-. The Balaban J connectivity index is 1.86. The van der Waals surface area contributed by atoms with Gasteiger partial charge in [0.2, 0.25) is 0 Å². The van der Waals surface area contributed by atoms with Gasteiger partial charge in [-0.3, -0.25) is 0 Å². The molecule has 112 valence electrons. The summed E-state index contributed by atoms with van der Waals surface area (Å²) in [6.07, 6.45) is 5.20. The minimum absolute atomic E-state index is 0.0382. The Morgan fingerprint density at radius 2 is 2.14 bits per heavy atom. The Hall–Kier alpha value is -0.692. The summed E-state index contributed by atoms with van der Waals surface area (Å²) in [5, 5.41) is 4.36. The van der Waals surface area contributed by atoms with E-state index in [9.17, 15) is 4.79 Å². The van der Waals surface area contributed by atoms with E-state index < -0.39 is 0 Å². The zero-order chi connectivity index (χ0) is 15.0. The van der Waals surface area contributed by atoms with E-state index in [0.29, 0.717) is 5.92 Å². The van der Waals surface area contributed by atoms with Gasteiger partial charge in [0.1, 0.15) is 0 Å². The molecule has 2 heterocycles. The van der Waals surface area contributed by atoms with Crippen LogP contribution in [0.3, 0.4) is 0 Å². The number of aromatic nitrogens is 4. The number of methoxy groups -OCH3 is 1. The average Bonchev–Trinajstić information content (AvgIpc) is 2.85. The fourth-order valence-electron chi connectivity index (χ4n) is 2.95. The Morgan fingerprint density at radius 3 is 2.81 bits per heavy atom. The van der Waals surface area contributed by atoms with Gasteiger partial charge in [-0.15, -0.1) is 0 Å². The molecule has 1 aliphatic carbocycles. The summed E-state index contributed by atoms with van der Waals surface area (Å²) in [6.45, 7) is 0. The zero-order valence-electron chi connectivity index (χ0n) is 11.6. The number of halogens is 1. The molecule has 0 N–H and O–H groups in total. The normalized spacial score (nSPS) is 22.4. The van der Waals surface area contributed by atoms with Crippen LogP contribution in [0.2, 0.25) is 0 Å². The van der Waals surface area contributed by atoms with Crippen LogP contribution in [0.1, 0.15) is 37.4 Å². The summed E-state index contributed by atoms with van der Waals surface area (Å²) in [6, 6.07) is 0. The van der Waals surface area contributed by atoms with Crippen molar-refractivity contribution in [3.63, 3.8) is 0 Å². The van der Waals surface area contributed by atoms with E-state index in [0.717, 1.165) is 45.2 Å². The van der Waals surface area contributed by atoms with Crippen molar-refractivity contribution in [3.05, 3.63) is 15.9 Å². The predicted molar refractivity (Wildman–Crippen MR) is 88.4 cm³/mol. The average molecular weight is 462 g/mol. The van der Waals surface area contributed by atoms with E-state index in [1.54, 1.807) is 6.33 Å². The summed E-state index contributed by atoms with van der Waals surface area (Å²) in [5.41, 5.74) is 1.02. The van der Waals surface area contributed by atoms with Crippen LogP contribution in [-0.4, -0.2) is 49.5 Å². The van der Waals surface area contributed by atoms with E-state index >= 15 is 0 Å². The second-order valence-corrected chi connectivity index (χ2v) is 7.41. The SMILES string of the molecule is COC(=O)[C@H]1CC[C@H](c2nc(I)c3c([AsH2])ncnn32)CC1. The molecule has 1 aliphatic rings. The number of rotatable bonds is 2. The third-order valence-corrected chi connectivity index (χ3v) is 5.71. The molecule has 1 unspecified atom stereocenters. The first-order valence-corrected chi connectivity index (χ1v) is 9.13. The number of carbonyl (C=O) groups excluding carboxylic acids is 1. The summed E-state index contributed by atoms with van der Waals surface area (Å²) < 4.78 is 8.73. The molecule has 0 amide bonds. The van der Waals surface area contributed by atoms with Crippen molar-refractivity contribution in [1.82, 2.24) is 19.6 Å². The number of nitrogens with zero attached hydrogens (tertiary/aromatic N) is 4. The Bertz CT molecular complexity index is 682. The monoisotopic (exact) mass is 462 g/mol. The second kappa shape index (κ2) is 6.20. The molecule has 8 heteroatoms. The molecular formula is C13H16AsIN4O2. The van der Waals surface area contributed by atoms with Gasteiger partial charge in [0.05, 0.1) is 0 Å². The predicted octanol–water partition coefficient (Wildman–Crippen LogP) is 0.434. The molecule has 0 saturated heterocycles. The van der Waals surface area contributed by atoms with Crippen LogP contribution in [0.15, 0.2) is 6.33 Å². The van der Waals surface area contributed by atoms with Gasteiger partial charge in [-0.1, -0.05) is 0 Å². The van der Waals surface area contributed by atoms with Crippen LogP contribution in [0.25, 0.3) is 5.52 Å². The van der Waals surface area contributed by atoms with Gasteiger partial charge in [-0.25, -0.2) is 0 Å². The van der Waals surface area contributed by atoms with E-state index in [1.165, 1.54) is 24.0 Å². The quantitative estimate of drug-likeness (QED) is 0.368. The number of fused-ring (bicyclic) bond motifs is 1. The minimum atomic E-state index is -0.0862. The molecule has 1 atom stereocenters. The van der Waals surface area contributed by atoms with Crippen molar-refractivity contribution in [1.29, 1.82) is 0 Å². The van der Waals surface area contributed by atoms with Crippen molar-refractivity contribution in [2.45, 2.75) is 31.6 Å². The Morgan fingerprint density at radius 1 is 1.43 bits per heavy atom. The van der Waals surface area contributed by atoms with Crippen LogP contribution >= 0.6 is 22.6 Å². The van der Waals surface area contributed by atoms with Gasteiger partial charge in [0.25, 0.3) is 0 Å². The van der Waals surface area contributed by atoms with Gasteiger partial charge >= 0.3 is 145 Å². The molecule has 0 radical (unpaired) electrons. The molecule has 1 fully saturated rings. The van der Waals surface area contributed by atoms with Crippen molar-refractivity contribution in [2.24, 2.45) is 5.92 Å². The van der Waals surface area contributed by atoms with Crippen LogP contribution in [0.4, 0.5) is 0 Å². The molecule has 2 aromatic heterocycles. The summed E-state index contributed by atoms with van der Waals surface area (Å²) in [5.74, 6) is 1.30. The number of imidazole rings is 1. The van der Waals surface area contributed by atoms with Crippen molar-refractivity contribution in [2.75, 3.05) is 7.11 Å². The molecule has 3 rings (SSSR count). The number of ether oxygens (including phenoxy) is 1. The van der Waals surface area contributed by atoms with E-state index in [4.69, 9.17) is 9.72 Å². The van der Waals surface area contributed by atoms with Crippen LogP contribution in [0.5, 0.6) is 0 Å². The van der Waals surface area contributed by atoms with E-state index in [-0.39, 0.29) is 11.9 Å². The van der Waals surface area contributed by atoms with Crippen molar-refractivity contribution >= 4 is 55.4 Å². The van der Waals surface area contributed by atoms with Gasteiger partial charge < -0.3 is 0 Å². The molecule has 0 bridgehead atoms. The molecular weight excluding hydrogens is 446 g/mol. The fourth-order valence-corrected chi connectivity index (χ4v) is 5.00. The van der Waals surface area contributed by atoms with Crippen LogP contribution in [0, 0.1) is 9.62 Å². The van der Waals surface area contributed by atoms with Crippen molar-refractivity contribution in [3.8, 4) is 0 Å². The first-order valence-electron chi connectivity index (χ1n) is 6.84. The van der Waals surface area contributed by atoms with Crippen LogP contribution < -0.4 is 4.48 Å².